The summed E-state index contributed by atoms with van der Waals surface area (Å²) in [6.45, 7) is 4.03. The number of fused-ring (bicyclic) bond motifs is 1. The summed E-state index contributed by atoms with van der Waals surface area (Å²) in [5.41, 5.74) is 3.08. The van der Waals surface area contributed by atoms with Gasteiger partial charge in [0.2, 0.25) is 5.91 Å². The first-order chi connectivity index (χ1) is 20.3. The fourth-order valence-corrected chi connectivity index (χ4v) is 4.99. The molecule has 1 fully saturated rings. The number of halogens is 1. The van der Waals surface area contributed by atoms with Crippen molar-refractivity contribution in [3.8, 4) is 5.75 Å². The molecule has 2 heterocycles. The molecule has 0 spiro atoms. The highest BCUT2D eigenvalue weighted by Crippen LogP contribution is 2.24. The zero-order valence-electron chi connectivity index (χ0n) is 23.0. The predicted molar refractivity (Wildman–Crippen MR) is 158 cm³/mol. The fourth-order valence-electron chi connectivity index (χ4n) is 4.78. The van der Waals surface area contributed by atoms with Gasteiger partial charge >= 0.3 is 11.9 Å². The summed E-state index contributed by atoms with van der Waals surface area (Å²) in [7, 11) is 0. The van der Waals surface area contributed by atoms with Crippen LogP contribution in [-0.4, -0.2) is 62.1 Å². The van der Waals surface area contributed by atoms with Crippen LogP contribution in [0, 0.1) is 5.92 Å². The van der Waals surface area contributed by atoms with Crippen molar-refractivity contribution in [2.45, 2.75) is 32.5 Å². The van der Waals surface area contributed by atoms with E-state index < -0.39 is 11.9 Å². The van der Waals surface area contributed by atoms with E-state index in [0.717, 1.165) is 60.6 Å². The van der Waals surface area contributed by atoms with Gasteiger partial charge in [-0.1, -0.05) is 60.1 Å². The van der Waals surface area contributed by atoms with E-state index in [1.165, 1.54) is 0 Å². The maximum absolute atomic E-state index is 12.5. The quantitative estimate of drug-likeness (QED) is 0.243. The molecule has 10 nitrogen and oxygen atoms in total. The smallest absolute Gasteiger partial charge is 0.414 e. The predicted octanol–water partition coefficient (Wildman–Crippen LogP) is 4.45. The number of carboxylic acid groups (broad SMARTS) is 2. The van der Waals surface area contributed by atoms with Gasteiger partial charge < -0.3 is 24.8 Å². The molecule has 0 atom stereocenters. The van der Waals surface area contributed by atoms with Crippen LogP contribution in [0.15, 0.2) is 78.9 Å². The van der Waals surface area contributed by atoms with Crippen LogP contribution in [-0.2, 0) is 34.1 Å². The first-order valence-electron chi connectivity index (χ1n) is 13.6. The first kappa shape index (κ1) is 30.5. The van der Waals surface area contributed by atoms with Crippen LogP contribution < -0.4 is 10.1 Å². The van der Waals surface area contributed by atoms with Crippen molar-refractivity contribution in [3.63, 3.8) is 0 Å². The average Bonchev–Trinajstić information content (AvgIpc) is 3.34. The average molecular weight is 593 g/mol. The van der Waals surface area contributed by atoms with Gasteiger partial charge in [0.05, 0.1) is 17.6 Å². The van der Waals surface area contributed by atoms with E-state index in [1.54, 1.807) is 0 Å². The number of nitrogens with zero attached hydrogens (tertiary/aromatic N) is 3. The lowest BCUT2D eigenvalue weighted by Gasteiger charge is -2.32. The number of nitrogens with one attached hydrogen (secondary N) is 1. The molecular formula is C31H33ClN4O6. The summed E-state index contributed by atoms with van der Waals surface area (Å²) >= 11 is 6.20. The molecule has 0 radical (unpaired) electrons. The Hall–Kier alpha value is -4.41. The number of para-hydroxylation sites is 3. The van der Waals surface area contributed by atoms with E-state index in [4.69, 9.17) is 41.1 Å². The summed E-state index contributed by atoms with van der Waals surface area (Å²) in [5, 5.41) is 18.5. The van der Waals surface area contributed by atoms with Crippen LogP contribution in [0.5, 0.6) is 5.75 Å². The lowest BCUT2D eigenvalue weighted by atomic mass is 9.96. The molecule has 1 aliphatic rings. The number of hydrogen-bond donors (Lipinski definition) is 3. The molecule has 1 amide bonds. The number of hydrogen-bond acceptors (Lipinski definition) is 6. The fraction of sp³-hybridized carbons (Fsp3) is 0.290. The SMILES string of the molecule is O=C(CN1CCC(Cn2c(COc3ccccc3)nc3ccccc32)CC1)NCc1ccccc1Cl.O=C(O)C(=O)O. The Morgan fingerprint density at radius 1 is 0.905 bits per heavy atom. The van der Waals surface area contributed by atoms with Crippen LogP contribution in [0.25, 0.3) is 11.0 Å². The maximum Gasteiger partial charge on any atom is 0.414 e. The number of amides is 1. The Morgan fingerprint density at radius 2 is 1.55 bits per heavy atom. The van der Waals surface area contributed by atoms with Crippen molar-refractivity contribution in [2.24, 2.45) is 5.92 Å². The van der Waals surface area contributed by atoms with Gasteiger partial charge in [-0.25, -0.2) is 14.6 Å². The first-order valence-corrected chi connectivity index (χ1v) is 14.0. The Kier molecular flexibility index (Phi) is 10.9. The van der Waals surface area contributed by atoms with E-state index in [9.17, 15) is 4.79 Å². The van der Waals surface area contributed by atoms with Crippen molar-refractivity contribution in [1.82, 2.24) is 19.8 Å². The van der Waals surface area contributed by atoms with Crippen molar-refractivity contribution in [2.75, 3.05) is 19.6 Å². The number of carboxylic acids is 2. The third-order valence-corrected chi connectivity index (χ3v) is 7.35. The van der Waals surface area contributed by atoms with Gasteiger partial charge in [-0.2, -0.15) is 0 Å². The summed E-state index contributed by atoms with van der Waals surface area (Å²) in [5.74, 6) is -1.29. The molecule has 5 rings (SSSR count). The highest BCUT2D eigenvalue weighted by molar-refractivity contribution is 6.31. The normalized spacial score (nSPS) is 13.6. The Morgan fingerprint density at radius 3 is 2.24 bits per heavy atom. The van der Waals surface area contributed by atoms with Crippen LogP contribution in [0.2, 0.25) is 5.02 Å². The number of carbonyl (C=O) groups excluding carboxylic acids is 1. The molecule has 3 N–H and O–H groups in total. The van der Waals surface area contributed by atoms with Crippen molar-refractivity contribution in [1.29, 1.82) is 0 Å². The number of aliphatic carboxylic acids is 2. The van der Waals surface area contributed by atoms with E-state index >= 15 is 0 Å². The van der Waals surface area contributed by atoms with Crippen LogP contribution >= 0.6 is 11.6 Å². The molecule has 0 aliphatic carbocycles. The Balaban J connectivity index is 0.000000612. The molecule has 1 aliphatic heterocycles. The zero-order valence-corrected chi connectivity index (χ0v) is 23.7. The van der Waals surface area contributed by atoms with Gasteiger partial charge in [0.1, 0.15) is 18.2 Å². The zero-order chi connectivity index (χ0) is 29.9. The molecule has 11 heteroatoms. The number of imidazole rings is 1. The minimum Gasteiger partial charge on any atom is -0.486 e. The minimum atomic E-state index is -1.82. The number of carbonyl (C=O) groups is 3. The van der Waals surface area contributed by atoms with Crippen molar-refractivity contribution in [3.05, 3.63) is 95.3 Å². The van der Waals surface area contributed by atoms with Gasteiger partial charge in [0.25, 0.3) is 0 Å². The lowest BCUT2D eigenvalue weighted by Crippen LogP contribution is -2.42. The van der Waals surface area contributed by atoms with Crippen molar-refractivity contribution >= 4 is 40.5 Å². The highest BCUT2D eigenvalue weighted by Gasteiger charge is 2.23. The Bertz CT molecular complexity index is 1490. The maximum atomic E-state index is 12.5. The molecule has 4 aromatic rings. The van der Waals surface area contributed by atoms with Gasteiger partial charge in [-0.15, -0.1) is 0 Å². The van der Waals surface area contributed by atoms with Crippen molar-refractivity contribution < 1.29 is 29.3 Å². The highest BCUT2D eigenvalue weighted by atomic mass is 35.5. The van der Waals surface area contributed by atoms with E-state index in [2.05, 4.69) is 33.0 Å². The standard InChI is InChI=1S/C29H31ClN4O2.C2H2O4/c30-25-11-5-4-8-23(25)18-31-29(35)20-33-16-14-22(15-17-33)19-34-27-13-7-6-12-26(27)32-28(34)21-36-24-9-2-1-3-10-24;3-1(4)2(5)6/h1-13,22H,14-21H2,(H,31,35);(H,3,4)(H,5,6). The van der Waals surface area contributed by atoms with E-state index in [1.807, 2.05) is 60.7 Å². The number of piperidine rings is 1. The Labute approximate surface area is 248 Å². The number of rotatable bonds is 9. The summed E-state index contributed by atoms with van der Waals surface area (Å²) in [6, 6.07) is 25.7. The third kappa shape index (κ3) is 8.79. The summed E-state index contributed by atoms with van der Waals surface area (Å²) < 4.78 is 8.34. The topological polar surface area (TPSA) is 134 Å². The summed E-state index contributed by atoms with van der Waals surface area (Å²) in [6.07, 6.45) is 2.09. The molecule has 42 heavy (non-hydrogen) atoms. The second-order valence-corrected chi connectivity index (χ2v) is 10.3. The van der Waals surface area contributed by atoms with Crippen LogP contribution in [0.1, 0.15) is 24.2 Å². The van der Waals surface area contributed by atoms with E-state index in [0.29, 0.717) is 30.6 Å². The van der Waals surface area contributed by atoms with Crippen LogP contribution in [0.4, 0.5) is 0 Å². The second kappa shape index (κ2) is 15.0. The summed E-state index contributed by atoms with van der Waals surface area (Å²) in [4.78, 5) is 37.8. The van der Waals surface area contributed by atoms with E-state index in [-0.39, 0.29) is 5.91 Å². The molecular weight excluding hydrogens is 560 g/mol. The molecule has 220 valence electrons. The largest absolute Gasteiger partial charge is 0.486 e. The molecule has 0 saturated carbocycles. The molecule has 0 unspecified atom stereocenters. The number of aromatic nitrogens is 2. The van der Waals surface area contributed by atoms with Crippen LogP contribution in [0.3, 0.4) is 0 Å². The monoisotopic (exact) mass is 592 g/mol. The van der Waals surface area contributed by atoms with Gasteiger partial charge in [-0.05, 0) is 67.7 Å². The number of ether oxygens (including phenoxy) is 1. The number of benzene rings is 3. The molecule has 1 aromatic heterocycles. The molecule has 1 saturated heterocycles. The minimum absolute atomic E-state index is 0.0364. The van der Waals surface area contributed by atoms with Gasteiger partial charge in [-0.3, -0.25) is 9.69 Å². The molecule has 3 aromatic carbocycles. The molecule has 0 bridgehead atoms. The lowest BCUT2D eigenvalue weighted by molar-refractivity contribution is -0.159. The second-order valence-electron chi connectivity index (χ2n) is 9.93. The number of likely N-dealkylation sites (tertiary alicyclic amines) is 1. The van der Waals surface area contributed by atoms with Gasteiger partial charge in [0, 0.05) is 18.1 Å². The third-order valence-electron chi connectivity index (χ3n) is 6.98. The van der Waals surface area contributed by atoms with Gasteiger partial charge in [0.15, 0.2) is 0 Å².